The lowest BCUT2D eigenvalue weighted by molar-refractivity contribution is 1.10. The van der Waals surface area contributed by atoms with Crippen molar-refractivity contribution in [1.29, 1.82) is 0 Å². The van der Waals surface area contributed by atoms with Gasteiger partial charge in [0.15, 0.2) is 0 Å². The zero-order valence-corrected chi connectivity index (χ0v) is 15.9. The molecule has 0 saturated carbocycles. The van der Waals surface area contributed by atoms with Gasteiger partial charge in [-0.3, -0.25) is 9.98 Å². The largest absolute Gasteiger partial charge is 0.355 e. The van der Waals surface area contributed by atoms with Crippen LogP contribution in [-0.2, 0) is 12.8 Å². The molecule has 2 aromatic rings. The van der Waals surface area contributed by atoms with Crippen molar-refractivity contribution in [3.8, 4) is 0 Å². The maximum absolute atomic E-state index is 4.06. The summed E-state index contributed by atoms with van der Waals surface area (Å²) in [7, 11) is 1.79. The van der Waals surface area contributed by atoms with Gasteiger partial charge in [0, 0.05) is 41.5 Å². The molecule has 0 aromatic carbocycles. The molecule has 0 atom stereocenters. The van der Waals surface area contributed by atoms with Crippen LogP contribution in [0.1, 0.15) is 47.5 Å². The average Bonchev–Trinajstić information content (AvgIpc) is 3.07. The number of hydrogen-bond donors (Lipinski definition) is 2. The number of hydrogen-bond acceptors (Lipinski definition) is 2. The van der Waals surface area contributed by atoms with Gasteiger partial charge in [0.25, 0.3) is 0 Å². The van der Waals surface area contributed by atoms with Crippen LogP contribution in [0.25, 0.3) is 18.2 Å². The predicted molar refractivity (Wildman–Crippen MR) is 110 cm³/mol. The molecule has 0 amide bonds. The first-order valence-electron chi connectivity index (χ1n) is 8.72. The number of aliphatic imine (C=N–C) groups is 2. The van der Waals surface area contributed by atoms with Crippen molar-refractivity contribution < 1.29 is 0 Å². The number of rotatable bonds is 6. The van der Waals surface area contributed by atoms with Crippen LogP contribution in [0.3, 0.4) is 0 Å². The Bertz CT molecular complexity index is 920. The Labute approximate surface area is 149 Å². The highest BCUT2D eigenvalue weighted by Crippen LogP contribution is 2.21. The topological polar surface area (TPSA) is 56.3 Å². The van der Waals surface area contributed by atoms with Crippen LogP contribution in [0.5, 0.6) is 0 Å². The lowest BCUT2D eigenvalue weighted by Gasteiger charge is -1.97. The van der Waals surface area contributed by atoms with E-state index in [1.54, 1.807) is 13.2 Å². The van der Waals surface area contributed by atoms with Gasteiger partial charge in [-0.05, 0) is 73.9 Å². The highest BCUT2D eigenvalue weighted by Gasteiger charge is 2.10. The summed E-state index contributed by atoms with van der Waals surface area (Å²) in [5, 5.41) is 2.27. The second kappa shape index (κ2) is 8.47. The first-order valence-corrected chi connectivity index (χ1v) is 8.72. The fraction of sp³-hybridized carbons (Fsp3) is 0.333. The van der Waals surface area contributed by atoms with Gasteiger partial charge in [-0.2, -0.15) is 0 Å². The lowest BCUT2D eigenvalue weighted by atomic mass is 10.1. The van der Waals surface area contributed by atoms with E-state index in [9.17, 15) is 0 Å². The number of aromatic amines is 2. The minimum absolute atomic E-state index is 0.978. The molecule has 0 spiro atoms. The maximum Gasteiger partial charge on any atom is 0.0441 e. The van der Waals surface area contributed by atoms with E-state index < -0.39 is 0 Å². The third-order valence-corrected chi connectivity index (χ3v) is 4.63. The number of nitrogens with one attached hydrogen (secondary N) is 2. The standard InChI is InChI=1S/C21H28N4/c1-7-16-15(4)20(25-19(16)10-12-23-6)13-21-17(8-2)14(3)18(24-21)9-11-22-5/h9-13,24-25H,5,7-8H2,1-4,6H3/b11-9-,19-10?,20-13-,23-12?. The summed E-state index contributed by atoms with van der Waals surface area (Å²) in [6.45, 7) is 12.2. The zero-order valence-electron chi connectivity index (χ0n) is 15.9. The van der Waals surface area contributed by atoms with E-state index in [1.165, 1.54) is 22.3 Å². The van der Waals surface area contributed by atoms with Crippen molar-refractivity contribution in [2.24, 2.45) is 9.98 Å². The molecule has 0 radical (unpaired) electrons. The van der Waals surface area contributed by atoms with Crippen molar-refractivity contribution in [2.75, 3.05) is 7.05 Å². The van der Waals surface area contributed by atoms with Gasteiger partial charge in [0.05, 0.1) is 0 Å². The van der Waals surface area contributed by atoms with Crippen molar-refractivity contribution in [2.45, 2.75) is 40.5 Å². The molecule has 132 valence electrons. The fourth-order valence-electron chi connectivity index (χ4n) is 3.27. The molecule has 2 heterocycles. The molecule has 0 fully saturated rings. The average molecular weight is 336 g/mol. The monoisotopic (exact) mass is 336 g/mol. The summed E-state index contributed by atoms with van der Waals surface area (Å²) >= 11 is 0. The second-order valence-electron chi connectivity index (χ2n) is 6.04. The third-order valence-electron chi connectivity index (χ3n) is 4.63. The van der Waals surface area contributed by atoms with E-state index in [0.29, 0.717) is 0 Å². The van der Waals surface area contributed by atoms with Crippen molar-refractivity contribution in [3.63, 3.8) is 0 Å². The molecule has 0 unspecified atom stereocenters. The molecule has 2 aromatic heterocycles. The molecule has 0 saturated heterocycles. The van der Waals surface area contributed by atoms with Gasteiger partial charge < -0.3 is 9.97 Å². The molecule has 0 bridgehead atoms. The first-order chi connectivity index (χ1) is 12.1. The van der Waals surface area contributed by atoms with Crippen LogP contribution in [0.15, 0.2) is 16.2 Å². The van der Waals surface area contributed by atoms with E-state index in [2.05, 4.69) is 60.4 Å². The smallest absolute Gasteiger partial charge is 0.0441 e. The van der Waals surface area contributed by atoms with E-state index in [4.69, 9.17) is 0 Å². The van der Waals surface area contributed by atoms with Gasteiger partial charge in [-0.25, -0.2) is 0 Å². The van der Waals surface area contributed by atoms with Gasteiger partial charge >= 0.3 is 0 Å². The molecule has 0 aliphatic carbocycles. The molecule has 4 heteroatoms. The molecular formula is C21H28N4. The maximum atomic E-state index is 4.06. The Morgan fingerprint density at radius 2 is 1.68 bits per heavy atom. The second-order valence-corrected chi connectivity index (χ2v) is 6.04. The van der Waals surface area contributed by atoms with Gasteiger partial charge in [-0.1, -0.05) is 13.8 Å². The molecule has 2 N–H and O–H groups in total. The summed E-state index contributed by atoms with van der Waals surface area (Å²) in [4.78, 5) is 14.9. The van der Waals surface area contributed by atoms with E-state index in [0.717, 1.165) is 34.9 Å². The van der Waals surface area contributed by atoms with Crippen molar-refractivity contribution >= 4 is 31.2 Å². The normalized spacial score (nSPS) is 13.6. The minimum Gasteiger partial charge on any atom is -0.355 e. The highest BCUT2D eigenvalue weighted by molar-refractivity contribution is 5.90. The Balaban J connectivity index is 2.67. The van der Waals surface area contributed by atoms with Crippen LogP contribution >= 0.6 is 0 Å². The van der Waals surface area contributed by atoms with Crippen molar-refractivity contribution in [3.05, 3.63) is 50.5 Å². The van der Waals surface area contributed by atoms with Crippen LogP contribution < -0.4 is 10.7 Å². The van der Waals surface area contributed by atoms with Crippen LogP contribution in [0.4, 0.5) is 0 Å². The van der Waals surface area contributed by atoms with Crippen LogP contribution in [-0.4, -0.2) is 29.9 Å². The number of H-pyrrole nitrogens is 2. The summed E-state index contributed by atoms with van der Waals surface area (Å²) < 4.78 is 0. The van der Waals surface area contributed by atoms with Gasteiger partial charge in [0.1, 0.15) is 0 Å². The quantitative estimate of drug-likeness (QED) is 0.762. The SMILES string of the molecule is C=N/C=C\c1[nH]c(/C=c2\[nH]c(=CC=NC)c(CC)c2C)c(CC)c1C. The fourth-order valence-corrected chi connectivity index (χ4v) is 3.27. The Kier molecular flexibility index (Phi) is 6.34. The highest BCUT2D eigenvalue weighted by atomic mass is 14.8. The van der Waals surface area contributed by atoms with Crippen LogP contribution in [0.2, 0.25) is 0 Å². The molecule has 2 rings (SSSR count). The summed E-state index contributed by atoms with van der Waals surface area (Å²) in [5.41, 5.74) is 7.45. The minimum atomic E-state index is 0.978. The molecule has 4 nitrogen and oxygen atoms in total. The summed E-state index contributed by atoms with van der Waals surface area (Å²) in [5.74, 6) is 0. The van der Waals surface area contributed by atoms with E-state index in [1.807, 2.05) is 18.4 Å². The van der Waals surface area contributed by atoms with Crippen molar-refractivity contribution in [1.82, 2.24) is 9.97 Å². The first kappa shape index (κ1) is 18.7. The Morgan fingerprint density at radius 1 is 0.960 bits per heavy atom. The molecule has 0 aliphatic rings. The molecule has 0 aliphatic heterocycles. The van der Waals surface area contributed by atoms with Gasteiger partial charge in [0.2, 0.25) is 0 Å². The number of nitrogens with zero attached hydrogens (tertiary/aromatic N) is 2. The summed E-state index contributed by atoms with van der Waals surface area (Å²) in [6.07, 6.45) is 11.7. The lowest BCUT2D eigenvalue weighted by Crippen LogP contribution is -2.12. The van der Waals surface area contributed by atoms with Gasteiger partial charge in [-0.15, -0.1) is 0 Å². The predicted octanol–water partition coefficient (Wildman–Crippen LogP) is 3.07. The molecule has 25 heavy (non-hydrogen) atoms. The van der Waals surface area contributed by atoms with Crippen LogP contribution in [0, 0.1) is 13.8 Å². The Morgan fingerprint density at radius 3 is 2.28 bits per heavy atom. The van der Waals surface area contributed by atoms with E-state index in [-0.39, 0.29) is 0 Å². The number of aromatic nitrogens is 2. The van der Waals surface area contributed by atoms with E-state index >= 15 is 0 Å². The molecular weight excluding hydrogens is 308 g/mol. The third kappa shape index (κ3) is 3.90. The Hall–Kier alpha value is -2.62. The zero-order chi connectivity index (χ0) is 18.4. The summed E-state index contributed by atoms with van der Waals surface area (Å²) in [6, 6.07) is 0.